The molecule has 124 valence electrons. The Labute approximate surface area is 134 Å². The van der Waals surface area contributed by atoms with E-state index >= 15 is 0 Å². The molecule has 0 saturated heterocycles. The van der Waals surface area contributed by atoms with E-state index in [1.54, 1.807) is 0 Å². The van der Waals surface area contributed by atoms with Gasteiger partial charge in [-0.25, -0.2) is 0 Å². The molecular formula is C16H20N2O5. The first kappa shape index (κ1) is 16.9. The van der Waals surface area contributed by atoms with Crippen LogP contribution in [0.2, 0.25) is 0 Å². The zero-order chi connectivity index (χ0) is 16.8. The maximum absolute atomic E-state index is 12.0. The van der Waals surface area contributed by atoms with Crippen LogP contribution in [-0.4, -0.2) is 29.8 Å². The topological polar surface area (TPSA) is 98.5 Å². The summed E-state index contributed by atoms with van der Waals surface area (Å²) in [5.41, 5.74) is -0.141. The third kappa shape index (κ3) is 4.51. The minimum absolute atomic E-state index is 0.0209. The summed E-state index contributed by atoms with van der Waals surface area (Å²) in [7, 11) is 0. The van der Waals surface area contributed by atoms with Crippen LogP contribution in [0.25, 0.3) is 0 Å². The van der Waals surface area contributed by atoms with E-state index in [1.165, 1.54) is 18.6 Å². The van der Waals surface area contributed by atoms with Crippen molar-refractivity contribution in [2.24, 2.45) is 5.92 Å². The molecule has 1 aliphatic rings. The number of nitrogens with one attached hydrogen (secondary N) is 1. The van der Waals surface area contributed by atoms with Crippen molar-refractivity contribution in [3.8, 4) is 5.75 Å². The molecule has 0 aromatic heterocycles. The lowest BCUT2D eigenvalue weighted by Crippen LogP contribution is -2.43. The Morgan fingerprint density at radius 1 is 1.43 bits per heavy atom. The number of ether oxygens (including phenoxy) is 1. The van der Waals surface area contributed by atoms with Gasteiger partial charge in [0.25, 0.3) is 5.91 Å². The Hall–Kier alpha value is -2.44. The molecule has 7 heteroatoms. The molecule has 2 rings (SSSR count). The van der Waals surface area contributed by atoms with E-state index in [4.69, 9.17) is 4.74 Å². The second-order valence-electron chi connectivity index (χ2n) is 5.83. The van der Waals surface area contributed by atoms with E-state index in [0.29, 0.717) is 12.2 Å². The predicted molar refractivity (Wildman–Crippen MR) is 83.5 cm³/mol. The largest absolute Gasteiger partial charge is 0.477 e. The van der Waals surface area contributed by atoms with E-state index in [9.17, 15) is 19.7 Å². The van der Waals surface area contributed by atoms with Crippen LogP contribution in [0.4, 0.5) is 5.69 Å². The number of rotatable bonds is 6. The summed E-state index contributed by atoms with van der Waals surface area (Å²) in [6.45, 7) is 1.82. The van der Waals surface area contributed by atoms with Gasteiger partial charge in [0.05, 0.1) is 4.92 Å². The molecule has 0 heterocycles. The zero-order valence-electron chi connectivity index (χ0n) is 13.0. The molecule has 0 aliphatic heterocycles. The highest BCUT2D eigenvalue weighted by molar-refractivity contribution is 5.79. The lowest BCUT2D eigenvalue weighted by Gasteiger charge is -2.29. The van der Waals surface area contributed by atoms with Gasteiger partial charge in [-0.1, -0.05) is 19.8 Å². The van der Waals surface area contributed by atoms with Gasteiger partial charge in [-0.3, -0.25) is 19.7 Å². The lowest BCUT2D eigenvalue weighted by molar-refractivity contribution is -0.385. The number of nitro benzene ring substituents is 1. The summed E-state index contributed by atoms with van der Waals surface area (Å²) < 4.78 is 5.27. The fraction of sp³-hybridized carbons (Fsp3) is 0.500. The number of nitrogens with zero attached hydrogens (tertiary/aromatic N) is 1. The number of benzene rings is 1. The molecule has 1 aromatic rings. The van der Waals surface area contributed by atoms with Crippen molar-refractivity contribution in [2.45, 2.75) is 38.6 Å². The quantitative estimate of drug-likeness (QED) is 0.493. The van der Waals surface area contributed by atoms with Gasteiger partial charge >= 0.3 is 5.69 Å². The number of amides is 1. The van der Waals surface area contributed by atoms with Gasteiger partial charge < -0.3 is 10.1 Å². The van der Waals surface area contributed by atoms with Crippen LogP contribution in [0.3, 0.4) is 0 Å². The molecule has 1 aliphatic carbocycles. The van der Waals surface area contributed by atoms with Crippen molar-refractivity contribution < 1.29 is 19.2 Å². The first-order valence-corrected chi connectivity index (χ1v) is 7.67. The van der Waals surface area contributed by atoms with Gasteiger partial charge in [0.1, 0.15) is 6.29 Å². The summed E-state index contributed by atoms with van der Waals surface area (Å²) >= 11 is 0. The molecule has 0 radical (unpaired) electrons. The predicted octanol–water partition coefficient (Wildman–Crippen LogP) is 2.48. The maximum atomic E-state index is 12.0. The van der Waals surface area contributed by atoms with Gasteiger partial charge in [0, 0.05) is 17.7 Å². The van der Waals surface area contributed by atoms with Crippen molar-refractivity contribution in [2.75, 3.05) is 6.61 Å². The Kier molecular flexibility index (Phi) is 5.67. The second kappa shape index (κ2) is 7.71. The second-order valence-corrected chi connectivity index (χ2v) is 5.83. The van der Waals surface area contributed by atoms with E-state index in [2.05, 4.69) is 12.2 Å². The summed E-state index contributed by atoms with van der Waals surface area (Å²) in [4.78, 5) is 33.0. The average molecular weight is 320 g/mol. The monoisotopic (exact) mass is 320 g/mol. The number of carbonyl (C=O) groups excluding carboxylic acids is 2. The SMILES string of the molecule is C[C@@H]1CCCC[C@H]1NC(=O)COc1ccc(C=O)cc1[N+](=O)[O-]. The number of hydrogen-bond acceptors (Lipinski definition) is 5. The standard InChI is InChI=1S/C16H20N2O5/c1-11-4-2-3-5-13(11)17-16(20)10-23-15-7-6-12(9-19)8-14(15)18(21)22/h6-9,11,13H,2-5,10H2,1H3,(H,17,20)/t11-,13-/m1/s1. The van der Waals surface area contributed by atoms with E-state index in [0.717, 1.165) is 25.3 Å². The summed E-state index contributed by atoms with van der Waals surface area (Å²) in [5.74, 6) is 0.110. The average Bonchev–Trinajstić information content (AvgIpc) is 2.54. The maximum Gasteiger partial charge on any atom is 0.311 e. The van der Waals surface area contributed by atoms with Crippen molar-refractivity contribution >= 4 is 17.9 Å². The minimum Gasteiger partial charge on any atom is -0.477 e. The molecule has 0 bridgehead atoms. The molecular weight excluding hydrogens is 300 g/mol. The van der Waals surface area contributed by atoms with Crippen LogP contribution < -0.4 is 10.1 Å². The molecule has 23 heavy (non-hydrogen) atoms. The summed E-state index contributed by atoms with van der Waals surface area (Å²) in [5, 5.41) is 13.9. The van der Waals surface area contributed by atoms with Gasteiger partial charge in [-0.15, -0.1) is 0 Å². The Morgan fingerprint density at radius 2 is 2.17 bits per heavy atom. The van der Waals surface area contributed by atoms with Crippen LogP contribution in [0.5, 0.6) is 5.75 Å². The normalized spacial score (nSPS) is 20.6. The fourth-order valence-corrected chi connectivity index (χ4v) is 2.79. The van der Waals surface area contributed by atoms with E-state index in [1.807, 2.05) is 0 Å². The summed E-state index contributed by atoms with van der Waals surface area (Å²) in [6, 6.07) is 4.01. The highest BCUT2D eigenvalue weighted by Gasteiger charge is 2.23. The molecule has 1 fully saturated rings. The molecule has 2 atom stereocenters. The number of carbonyl (C=O) groups is 2. The summed E-state index contributed by atoms with van der Waals surface area (Å²) in [6.07, 6.45) is 4.83. The molecule has 1 saturated carbocycles. The van der Waals surface area contributed by atoms with Crippen molar-refractivity contribution in [1.29, 1.82) is 0 Å². The van der Waals surface area contributed by atoms with Gasteiger partial charge in [0.2, 0.25) is 0 Å². The molecule has 1 amide bonds. The number of nitro groups is 1. The van der Waals surface area contributed by atoms with Crippen molar-refractivity contribution in [1.82, 2.24) is 5.32 Å². The molecule has 1 aromatic carbocycles. The minimum atomic E-state index is -0.635. The smallest absolute Gasteiger partial charge is 0.311 e. The van der Waals surface area contributed by atoms with Gasteiger partial charge in [0.15, 0.2) is 12.4 Å². The fourth-order valence-electron chi connectivity index (χ4n) is 2.79. The number of hydrogen-bond donors (Lipinski definition) is 1. The highest BCUT2D eigenvalue weighted by atomic mass is 16.6. The zero-order valence-corrected chi connectivity index (χ0v) is 13.0. The molecule has 0 spiro atoms. The Balaban J connectivity index is 1.96. The highest BCUT2D eigenvalue weighted by Crippen LogP contribution is 2.27. The van der Waals surface area contributed by atoms with Gasteiger partial charge in [-0.2, -0.15) is 0 Å². The van der Waals surface area contributed by atoms with Gasteiger partial charge in [-0.05, 0) is 30.9 Å². The Morgan fingerprint density at radius 3 is 2.83 bits per heavy atom. The Bertz CT molecular complexity index is 602. The van der Waals surface area contributed by atoms with E-state index in [-0.39, 0.29) is 35.6 Å². The third-order valence-electron chi connectivity index (χ3n) is 4.13. The first-order valence-electron chi connectivity index (χ1n) is 7.67. The van der Waals surface area contributed by atoms with Crippen molar-refractivity contribution in [3.63, 3.8) is 0 Å². The lowest BCUT2D eigenvalue weighted by atomic mass is 9.86. The molecule has 1 N–H and O–H groups in total. The van der Waals surface area contributed by atoms with Crippen LogP contribution in [0.1, 0.15) is 43.0 Å². The van der Waals surface area contributed by atoms with Crippen LogP contribution >= 0.6 is 0 Å². The van der Waals surface area contributed by atoms with Crippen LogP contribution in [-0.2, 0) is 4.79 Å². The van der Waals surface area contributed by atoms with Crippen LogP contribution in [0, 0.1) is 16.0 Å². The molecule has 0 unspecified atom stereocenters. The van der Waals surface area contributed by atoms with Crippen LogP contribution in [0.15, 0.2) is 18.2 Å². The third-order valence-corrected chi connectivity index (χ3v) is 4.13. The number of aldehydes is 1. The van der Waals surface area contributed by atoms with E-state index < -0.39 is 4.92 Å². The van der Waals surface area contributed by atoms with Crippen molar-refractivity contribution in [3.05, 3.63) is 33.9 Å². The first-order chi connectivity index (χ1) is 11.0. The molecule has 7 nitrogen and oxygen atoms in total.